The van der Waals surface area contributed by atoms with Gasteiger partial charge in [0.1, 0.15) is 5.82 Å². The Kier molecular flexibility index (Phi) is 4.67. The molecule has 0 heterocycles. The highest BCUT2D eigenvalue weighted by Crippen LogP contribution is 2.19. The predicted molar refractivity (Wildman–Crippen MR) is 70.6 cm³/mol. The molecule has 0 unspecified atom stereocenters. The molecule has 0 aliphatic carbocycles. The fourth-order valence-electron chi connectivity index (χ4n) is 1.51. The van der Waals surface area contributed by atoms with Crippen molar-refractivity contribution < 1.29 is 9.18 Å². The van der Waals surface area contributed by atoms with E-state index in [9.17, 15) is 9.18 Å². The number of carbonyl (C=O) groups excluding carboxylic acids is 1. The van der Waals surface area contributed by atoms with Gasteiger partial charge in [0.2, 0.25) is 0 Å². The number of carbonyl (C=O) groups is 1. The Balaban J connectivity index is 2.70. The Morgan fingerprint density at radius 3 is 2.61 bits per heavy atom. The normalized spacial score (nSPS) is 11.2. The summed E-state index contributed by atoms with van der Waals surface area (Å²) < 4.78 is 13.4. The first-order valence-corrected chi connectivity index (χ1v) is 5.88. The van der Waals surface area contributed by atoms with Crippen LogP contribution in [0.5, 0.6) is 0 Å². The molecule has 4 N–H and O–H groups in total. The van der Waals surface area contributed by atoms with Crippen LogP contribution in [0.4, 0.5) is 10.1 Å². The number of nitrogens with two attached hydrogens (primary N) is 1. The van der Waals surface area contributed by atoms with Crippen molar-refractivity contribution >= 4 is 11.6 Å². The van der Waals surface area contributed by atoms with Crippen LogP contribution in [-0.4, -0.2) is 12.5 Å². The van der Waals surface area contributed by atoms with E-state index in [1.54, 1.807) is 0 Å². The number of benzene rings is 1. The van der Waals surface area contributed by atoms with Crippen molar-refractivity contribution in [1.82, 2.24) is 5.32 Å². The first-order chi connectivity index (χ1) is 8.35. The van der Waals surface area contributed by atoms with Crippen LogP contribution < -0.4 is 16.6 Å². The van der Waals surface area contributed by atoms with Crippen LogP contribution >= 0.6 is 0 Å². The molecule has 1 aromatic carbocycles. The van der Waals surface area contributed by atoms with E-state index in [0.717, 1.165) is 6.42 Å². The Hall–Kier alpha value is -1.62. The molecule has 0 aliphatic rings. The van der Waals surface area contributed by atoms with Crippen LogP contribution in [0.1, 0.15) is 37.6 Å². The van der Waals surface area contributed by atoms with Crippen molar-refractivity contribution in [3.63, 3.8) is 0 Å². The second kappa shape index (κ2) is 5.82. The molecule has 0 fully saturated rings. The Bertz CT molecular complexity index is 427. The van der Waals surface area contributed by atoms with Gasteiger partial charge in [0, 0.05) is 6.54 Å². The minimum atomic E-state index is -0.541. The predicted octanol–water partition coefficient (Wildman–Crippen LogP) is 2.28. The lowest BCUT2D eigenvalue weighted by atomic mass is 9.92. The summed E-state index contributed by atoms with van der Waals surface area (Å²) in [5.41, 5.74) is 2.59. The van der Waals surface area contributed by atoms with E-state index >= 15 is 0 Å². The summed E-state index contributed by atoms with van der Waals surface area (Å²) in [7, 11) is 0. The van der Waals surface area contributed by atoms with Gasteiger partial charge in [-0.1, -0.05) is 26.8 Å². The van der Waals surface area contributed by atoms with Gasteiger partial charge in [-0.25, -0.2) is 4.39 Å². The van der Waals surface area contributed by atoms with Gasteiger partial charge < -0.3 is 10.7 Å². The summed E-state index contributed by atoms with van der Waals surface area (Å²) in [6, 6.07) is 4.26. The number of rotatable bonds is 4. The average Bonchev–Trinajstić information content (AvgIpc) is 2.26. The summed E-state index contributed by atoms with van der Waals surface area (Å²) in [6.07, 6.45) is 0.847. The standard InChI is InChI=1S/C13H20FN3O/c1-13(2,3)7-8-16-12(18)9-5-4-6-10(14)11(9)17-15/h4-6,17H,7-8,15H2,1-3H3,(H,16,18). The maximum Gasteiger partial charge on any atom is 0.253 e. The summed E-state index contributed by atoms with van der Waals surface area (Å²) >= 11 is 0. The zero-order valence-corrected chi connectivity index (χ0v) is 11.0. The first-order valence-electron chi connectivity index (χ1n) is 5.88. The molecule has 0 atom stereocenters. The largest absolute Gasteiger partial charge is 0.352 e. The monoisotopic (exact) mass is 253 g/mol. The van der Waals surface area contributed by atoms with Gasteiger partial charge in [0.15, 0.2) is 0 Å². The second-order valence-corrected chi connectivity index (χ2v) is 5.37. The molecule has 0 aromatic heterocycles. The lowest BCUT2D eigenvalue weighted by Crippen LogP contribution is -2.28. The van der Waals surface area contributed by atoms with Crippen molar-refractivity contribution in [3.8, 4) is 0 Å². The highest BCUT2D eigenvalue weighted by molar-refractivity contribution is 5.99. The van der Waals surface area contributed by atoms with E-state index in [1.807, 2.05) is 0 Å². The van der Waals surface area contributed by atoms with Crippen LogP contribution in [0, 0.1) is 11.2 Å². The van der Waals surface area contributed by atoms with Gasteiger partial charge in [-0.05, 0) is 24.0 Å². The fourth-order valence-corrected chi connectivity index (χ4v) is 1.51. The molecule has 1 aromatic rings. The number of halogens is 1. The number of hydrazine groups is 1. The molecule has 100 valence electrons. The van der Waals surface area contributed by atoms with E-state index in [4.69, 9.17) is 5.84 Å². The van der Waals surface area contributed by atoms with E-state index in [2.05, 4.69) is 31.5 Å². The fraction of sp³-hybridized carbons (Fsp3) is 0.462. The third kappa shape index (κ3) is 4.00. The van der Waals surface area contributed by atoms with Gasteiger partial charge in [-0.15, -0.1) is 0 Å². The van der Waals surface area contributed by atoms with Gasteiger partial charge in [0.25, 0.3) is 5.91 Å². The molecular weight excluding hydrogens is 233 g/mol. The molecule has 1 rings (SSSR count). The lowest BCUT2D eigenvalue weighted by Gasteiger charge is -2.18. The van der Waals surface area contributed by atoms with Gasteiger partial charge >= 0.3 is 0 Å². The Morgan fingerprint density at radius 1 is 1.39 bits per heavy atom. The molecule has 1 amide bonds. The molecule has 0 bridgehead atoms. The summed E-state index contributed by atoms with van der Waals surface area (Å²) in [5.74, 6) is 4.35. The van der Waals surface area contributed by atoms with Crippen LogP contribution in [0.15, 0.2) is 18.2 Å². The third-order valence-corrected chi connectivity index (χ3v) is 2.56. The van der Waals surface area contributed by atoms with Crippen molar-refractivity contribution in [3.05, 3.63) is 29.6 Å². The minimum absolute atomic E-state index is 0.0192. The zero-order chi connectivity index (χ0) is 13.8. The molecule has 0 saturated heterocycles. The van der Waals surface area contributed by atoms with E-state index in [0.29, 0.717) is 6.54 Å². The molecule has 5 heteroatoms. The first kappa shape index (κ1) is 14.4. The Labute approximate surface area is 107 Å². The minimum Gasteiger partial charge on any atom is -0.352 e. The van der Waals surface area contributed by atoms with Crippen LogP contribution in [-0.2, 0) is 0 Å². The number of hydrogen-bond acceptors (Lipinski definition) is 3. The molecule has 18 heavy (non-hydrogen) atoms. The molecule has 0 aliphatic heterocycles. The van der Waals surface area contributed by atoms with Crippen LogP contribution in [0.2, 0.25) is 0 Å². The molecule has 0 spiro atoms. The van der Waals surface area contributed by atoms with Gasteiger partial charge in [0.05, 0.1) is 11.3 Å². The van der Waals surface area contributed by atoms with E-state index in [-0.39, 0.29) is 22.6 Å². The highest BCUT2D eigenvalue weighted by atomic mass is 19.1. The van der Waals surface area contributed by atoms with Gasteiger partial charge in [-0.2, -0.15) is 0 Å². The Morgan fingerprint density at radius 2 is 2.06 bits per heavy atom. The quantitative estimate of drug-likeness (QED) is 0.569. The van der Waals surface area contributed by atoms with Crippen molar-refractivity contribution in [2.45, 2.75) is 27.2 Å². The number of hydrogen-bond donors (Lipinski definition) is 3. The summed E-state index contributed by atoms with van der Waals surface area (Å²) in [5, 5.41) is 2.76. The maximum absolute atomic E-state index is 13.4. The second-order valence-electron chi connectivity index (χ2n) is 5.37. The number of nitrogens with one attached hydrogen (secondary N) is 2. The van der Waals surface area contributed by atoms with Crippen molar-refractivity contribution in [2.75, 3.05) is 12.0 Å². The van der Waals surface area contributed by atoms with Crippen molar-refractivity contribution in [2.24, 2.45) is 11.3 Å². The number of anilines is 1. The average molecular weight is 253 g/mol. The topological polar surface area (TPSA) is 67.2 Å². The number of para-hydroxylation sites is 1. The summed E-state index contributed by atoms with van der Waals surface area (Å²) in [6.45, 7) is 6.82. The van der Waals surface area contributed by atoms with Gasteiger partial charge in [-0.3, -0.25) is 10.6 Å². The zero-order valence-electron chi connectivity index (χ0n) is 11.0. The number of amides is 1. The molecule has 0 saturated carbocycles. The lowest BCUT2D eigenvalue weighted by molar-refractivity contribution is 0.0950. The van der Waals surface area contributed by atoms with E-state index in [1.165, 1.54) is 18.2 Å². The molecule has 0 radical (unpaired) electrons. The van der Waals surface area contributed by atoms with Crippen LogP contribution in [0.3, 0.4) is 0 Å². The molecular formula is C13H20FN3O. The third-order valence-electron chi connectivity index (χ3n) is 2.56. The highest BCUT2D eigenvalue weighted by Gasteiger charge is 2.15. The van der Waals surface area contributed by atoms with E-state index < -0.39 is 5.82 Å². The maximum atomic E-state index is 13.4. The SMILES string of the molecule is CC(C)(C)CCNC(=O)c1cccc(F)c1NN. The van der Waals surface area contributed by atoms with Crippen LogP contribution in [0.25, 0.3) is 0 Å². The van der Waals surface area contributed by atoms with Crippen molar-refractivity contribution in [1.29, 1.82) is 0 Å². The smallest absolute Gasteiger partial charge is 0.253 e. The summed E-state index contributed by atoms with van der Waals surface area (Å²) in [4.78, 5) is 11.9. The number of nitrogen functional groups attached to an aromatic ring is 1. The molecule has 4 nitrogen and oxygen atoms in total.